The number of nitrogen functional groups attached to an aromatic ring is 1. The standard InChI is InChI=1S/C27H33N5O3/c1-26(2,33)11-8-19-6-5-7-22(14-19)27(3,34)35-24-15-20(16-29-25(24)28)21-17-30-32(18-21)23-9-12-31(4)13-10-23/h5-7,14-18,23,33-34H,9-10,12-13H2,1-4H3,(H2,28,29). The Kier molecular flexibility index (Phi) is 6.86. The summed E-state index contributed by atoms with van der Waals surface area (Å²) in [6, 6.07) is 9.19. The van der Waals surface area contributed by atoms with Crippen molar-refractivity contribution in [2.75, 3.05) is 25.9 Å². The van der Waals surface area contributed by atoms with Crippen molar-refractivity contribution in [3.63, 3.8) is 0 Å². The van der Waals surface area contributed by atoms with Crippen molar-refractivity contribution in [3.8, 4) is 28.7 Å². The van der Waals surface area contributed by atoms with Crippen molar-refractivity contribution >= 4 is 5.82 Å². The highest BCUT2D eigenvalue weighted by molar-refractivity contribution is 5.66. The van der Waals surface area contributed by atoms with Crippen LogP contribution < -0.4 is 10.5 Å². The number of ether oxygens (including phenoxy) is 1. The Morgan fingerprint density at radius 3 is 2.54 bits per heavy atom. The Bertz CT molecular complexity index is 1240. The maximum atomic E-state index is 11.1. The molecule has 0 bridgehead atoms. The van der Waals surface area contributed by atoms with Crippen molar-refractivity contribution in [3.05, 3.63) is 60.0 Å². The molecule has 0 aliphatic carbocycles. The van der Waals surface area contributed by atoms with Crippen molar-refractivity contribution in [2.45, 2.75) is 51.0 Å². The third kappa shape index (κ3) is 6.20. The van der Waals surface area contributed by atoms with E-state index in [2.05, 4.69) is 33.9 Å². The number of benzene rings is 1. The van der Waals surface area contributed by atoms with Crippen molar-refractivity contribution in [1.82, 2.24) is 19.7 Å². The molecule has 2 aromatic heterocycles. The number of anilines is 1. The molecule has 4 N–H and O–H groups in total. The van der Waals surface area contributed by atoms with Gasteiger partial charge >= 0.3 is 0 Å². The van der Waals surface area contributed by atoms with Crippen LogP contribution in [0.4, 0.5) is 5.82 Å². The molecule has 0 saturated carbocycles. The zero-order valence-corrected chi connectivity index (χ0v) is 20.7. The normalized spacial score (nSPS) is 16.9. The monoisotopic (exact) mass is 475 g/mol. The van der Waals surface area contributed by atoms with Gasteiger partial charge in [0.1, 0.15) is 5.60 Å². The second-order valence-electron chi connectivity index (χ2n) is 9.83. The predicted octanol–water partition coefficient (Wildman–Crippen LogP) is 3.16. The van der Waals surface area contributed by atoms with E-state index in [-0.39, 0.29) is 11.6 Å². The minimum atomic E-state index is -1.68. The summed E-state index contributed by atoms with van der Waals surface area (Å²) in [5.74, 6) is 4.46. The predicted molar refractivity (Wildman–Crippen MR) is 135 cm³/mol. The molecule has 0 spiro atoms. The third-order valence-electron chi connectivity index (χ3n) is 6.10. The molecule has 0 amide bonds. The zero-order valence-electron chi connectivity index (χ0n) is 20.7. The van der Waals surface area contributed by atoms with Gasteiger partial charge in [-0.15, -0.1) is 0 Å². The molecule has 1 aliphatic heterocycles. The van der Waals surface area contributed by atoms with Gasteiger partial charge in [0.15, 0.2) is 11.6 Å². The smallest absolute Gasteiger partial charge is 0.232 e. The zero-order chi connectivity index (χ0) is 25.2. The molecular formula is C27H33N5O3. The molecule has 1 saturated heterocycles. The molecule has 1 aromatic carbocycles. The van der Waals surface area contributed by atoms with Crippen LogP contribution in [0.25, 0.3) is 11.1 Å². The molecule has 1 aliphatic rings. The lowest BCUT2D eigenvalue weighted by molar-refractivity contribution is -0.128. The minimum Gasteiger partial charge on any atom is -0.455 e. The fourth-order valence-corrected chi connectivity index (χ4v) is 4.02. The minimum absolute atomic E-state index is 0.176. The maximum Gasteiger partial charge on any atom is 0.232 e. The van der Waals surface area contributed by atoms with Gasteiger partial charge in [0.05, 0.1) is 12.2 Å². The largest absolute Gasteiger partial charge is 0.455 e. The first-order valence-electron chi connectivity index (χ1n) is 11.8. The summed E-state index contributed by atoms with van der Waals surface area (Å²) in [5, 5.41) is 25.6. The van der Waals surface area contributed by atoms with Crippen molar-refractivity contribution in [1.29, 1.82) is 0 Å². The van der Waals surface area contributed by atoms with E-state index in [0.717, 1.165) is 37.1 Å². The number of aliphatic hydroxyl groups is 2. The van der Waals surface area contributed by atoms with E-state index in [1.807, 2.05) is 17.1 Å². The highest BCUT2D eigenvalue weighted by atomic mass is 16.6. The summed E-state index contributed by atoms with van der Waals surface area (Å²) in [6.45, 7) is 6.88. The average molecular weight is 476 g/mol. The van der Waals surface area contributed by atoms with Gasteiger partial charge < -0.3 is 25.6 Å². The van der Waals surface area contributed by atoms with E-state index in [1.54, 1.807) is 57.3 Å². The Labute approximate surface area is 206 Å². The number of hydrogen-bond donors (Lipinski definition) is 3. The Balaban J connectivity index is 1.55. The maximum absolute atomic E-state index is 11.1. The lowest BCUT2D eigenvalue weighted by Crippen LogP contribution is -2.31. The summed E-state index contributed by atoms with van der Waals surface area (Å²) in [6.07, 6.45) is 7.65. The van der Waals surface area contributed by atoms with Gasteiger partial charge in [0, 0.05) is 41.6 Å². The van der Waals surface area contributed by atoms with Crippen LogP contribution in [0.2, 0.25) is 0 Å². The van der Waals surface area contributed by atoms with Gasteiger partial charge in [-0.25, -0.2) is 4.98 Å². The quantitative estimate of drug-likeness (QED) is 0.384. The lowest BCUT2D eigenvalue weighted by atomic mass is 10.0. The van der Waals surface area contributed by atoms with Crippen LogP contribution in [0.1, 0.15) is 50.8 Å². The van der Waals surface area contributed by atoms with Crippen LogP contribution in [0.3, 0.4) is 0 Å². The van der Waals surface area contributed by atoms with Crippen LogP contribution in [0.15, 0.2) is 48.9 Å². The lowest BCUT2D eigenvalue weighted by Gasteiger charge is -2.29. The van der Waals surface area contributed by atoms with Crippen LogP contribution in [-0.2, 0) is 5.79 Å². The molecule has 3 aromatic rings. The first kappa shape index (κ1) is 24.7. The Morgan fingerprint density at radius 2 is 1.83 bits per heavy atom. The highest BCUT2D eigenvalue weighted by Gasteiger charge is 2.27. The summed E-state index contributed by atoms with van der Waals surface area (Å²) in [5.41, 5.74) is 7.83. The number of aromatic nitrogens is 3. The van der Waals surface area contributed by atoms with Gasteiger partial charge in [0.25, 0.3) is 0 Å². The fourth-order valence-electron chi connectivity index (χ4n) is 4.02. The van der Waals surface area contributed by atoms with Gasteiger partial charge in [-0.3, -0.25) is 4.68 Å². The second kappa shape index (κ2) is 9.70. The van der Waals surface area contributed by atoms with E-state index in [1.165, 1.54) is 0 Å². The topological polar surface area (TPSA) is 110 Å². The van der Waals surface area contributed by atoms with Crippen molar-refractivity contribution < 1.29 is 14.9 Å². The van der Waals surface area contributed by atoms with E-state index >= 15 is 0 Å². The molecule has 1 atom stereocenters. The SMILES string of the molecule is CN1CCC(n2cc(-c3cnc(N)c(OC(C)(O)c4cccc(C#CC(C)(C)O)c4)c3)cn2)CC1. The number of nitrogens with two attached hydrogens (primary N) is 1. The summed E-state index contributed by atoms with van der Waals surface area (Å²) in [4.78, 5) is 6.62. The Hall–Kier alpha value is -3.38. The first-order chi connectivity index (χ1) is 16.5. The van der Waals surface area contributed by atoms with Crippen LogP contribution in [0, 0.1) is 11.8 Å². The number of rotatable bonds is 5. The van der Waals surface area contributed by atoms with Gasteiger partial charge in [-0.1, -0.05) is 24.0 Å². The Morgan fingerprint density at radius 1 is 1.09 bits per heavy atom. The number of piperidine rings is 1. The second-order valence-corrected chi connectivity index (χ2v) is 9.83. The molecule has 35 heavy (non-hydrogen) atoms. The number of nitrogens with zero attached hydrogens (tertiary/aromatic N) is 4. The highest BCUT2D eigenvalue weighted by Crippen LogP contribution is 2.33. The van der Waals surface area contributed by atoms with Crippen LogP contribution >= 0.6 is 0 Å². The van der Waals surface area contributed by atoms with Gasteiger partial charge in [-0.2, -0.15) is 5.10 Å². The van der Waals surface area contributed by atoms with Gasteiger partial charge in [-0.05, 0) is 65.0 Å². The summed E-state index contributed by atoms with van der Waals surface area (Å²) >= 11 is 0. The summed E-state index contributed by atoms with van der Waals surface area (Å²) in [7, 11) is 2.14. The van der Waals surface area contributed by atoms with Gasteiger partial charge in [0.2, 0.25) is 5.79 Å². The molecule has 4 rings (SSSR count). The van der Waals surface area contributed by atoms with E-state index < -0.39 is 11.4 Å². The number of pyridine rings is 1. The number of hydrogen-bond acceptors (Lipinski definition) is 7. The molecule has 3 heterocycles. The molecule has 184 valence electrons. The van der Waals surface area contributed by atoms with Crippen LogP contribution in [0.5, 0.6) is 5.75 Å². The molecule has 1 unspecified atom stereocenters. The molecule has 1 fully saturated rings. The van der Waals surface area contributed by atoms with Crippen LogP contribution in [-0.4, -0.2) is 55.6 Å². The van der Waals surface area contributed by atoms with E-state index in [4.69, 9.17) is 10.5 Å². The summed E-state index contributed by atoms with van der Waals surface area (Å²) < 4.78 is 7.98. The molecule has 8 nitrogen and oxygen atoms in total. The molecular weight excluding hydrogens is 442 g/mol. The van der Waals surface area contributed by atoms with E-state index in [0.29, 0.717) is 17.2 Å². The third-order valence-corrected chi connectivity index (χ3v) is 6.10. The number of likely N-dealkylation sites (tertiary alicyclic amines) is 1. The fraction of sp³-hybridized carbons (Fsp3) is 0.407. The average Bonchev–Trinajstić information content (AvgIpc) is 3.30. The van der Waals surface area contributed by atoms with E-state index in [9.17, 15) is 10.2 Å². The molecule has 0 radical (unpaired) electrons. The van der Waals surface area contributed by atoms with Crippen molar-refractivity contribution in [2.24, 2.45) is 0 Å². The molecule has 8 heteroatoms. The first-order valence-corrected chi connectivity index (χ1v) is 11.8.